The number of unbranched alkanes of at least 4 members (excludes halogenated alkanes) is 1. The van der Waals surface area contributed by atoms with E-state index in [1.807, 2.05) is 0 Å². The number of nitrogens with zero attached hydrogens (tertiary/aromatic N) is 1. The largest absolute Gasteiger partial charge is 0.382 e. The minimum atomic E-state index is 0.460. The summed E-state index contributed by atoms with van der Waals surface area (Å²) in [6.07, 6.45) is 10.3. The summed E-state index contributed by atoms with van der Waals surface area (Å²) < 4.78 is 16.4. The van der Waals surface area contributed by atoms with E-state index in [9.17, 15) is 0 Å². The van der Waals surface area contributed by atoms with Crippen LogP contribution in [0.15, 0.2) is 4.99 Å². The molecule has 1 saturated carbocycles. The summed E-state index contributed by atoms with van der Waals surface area (Å²) in [5, 5.41) is 6.65. The highest BCUT2D eigenvalue weighted by atomic mass is 16.5. The number of rotatable bonds is 13. The van der Waals surface area contributed by atoms with E-state index in [2.05, 4.69) is 22.5 Å². The van der Waals surface area contributed by atoms with Crippen LogP contribution in [-0.4, -0.2) is 65.2 Å². The second-order valence-corrected chi connectivity index (χ2v) is 6.48. The van der Waals surface area contributed by atoms with Gasteiger partial charge in [0.2, 0.25) is 0 Å². The van der Waals surface area contributed by atoms with Crippen LogP contribution in [0.1, 0.15) is 58.3 Å². The Morgan fingerprint density at radius 1 is 0.960 bits per heavy atom. The number of methoxy groups -OCH3 is 1. The van der Waals surface area contributed by atoms with Crippen molar-refractivity contribution in [2.45, 2.75) is 64.4 Å². The van der Waals surface area contributed by atoms with Crippen LogP contribution in [0.4, 0.5) is 0 Å². The summed E-state index contributed by atoms with van der Waals surface area (Å²) in [6.45, 7) is 7.44. The molecule has 0 heterocycles. The van der Waals surface area contributed by atoms with Gasteiger partial charge in [0, 0.05) is 33.4 Å². The van der Waals surface area contributed by atoms with Gasteiger partial charge in [0.15, 0.2) is 5.96 Å². The van der Waals surface area contributed by atoms with Gasteiger partial charge >= 0.3 is 0 Å². The van der Waals surface area contributed by atoms with E-state index in [1.165, 1.54) is 38.5 Å². The molecule has 0 saturated heterocycles. The standard InChI is InChI=1S/C19H39N3O3/c1-3-20-19(21-12-8-9-14-24-17-16-23-2)22-13-15-25-18-10-6-4-5-7-11-18/h18H,3-17H2,1-2H3,(H2,20,21,22). The molecule has 0 aromatic rings. The number of hydrogen-bond acceptors (Lipinski definition) is 4. The van der Waals surface area contributed by atoms with Gasteiger partial charge in [-0.1, -0.05) is 25.7 Å². The minimum absolute atomic E-state index is 0.460. The molecule has 1 aliphatic carbocycles. The number of ether oxygens (including phenoxy) is 3. The van der Waals surface area contributed by atoms with Crippen LogP contribution < -0.4 is 10.6 Å². The van der Waals surface area contributed by atoms with Gasteiger partial charge in [-0.25, -0.2) is 0 Å². The first-order valence-corrected chi connectivity index (χ1v) is 10.1. The molecule has 1 rings (SSSR count). The maximum atomic E-state index is 6.01. The molecule has 0 aromatic carbocycles. The lowest BCUT2D eigenvalue weighted by Crippen LogP contribution is -2.39. The molecule has 0 aliphatic heterocycles. The number of hydrogen-bond donors (Lipinski definition) is 2. The molecule has 0 atom stereocenters. The summed E-state index contributed by atoms with van der Waals surface area (Å²) in [5.74, 6) is 0.882. The molecule has 1 aliphatic rings. The normalized spacial score (nSPS) is 16.6. The van der Waals surface area contributed by atoms with Crippen molar-refractivity contribution in [3.8, 4) is 0 Å². The van der Waals surface area contributed by atoms with Crippen LogP contribution >= 0.6 is 0 Å². The Morgan fingerprint density at radius 2 is 1.76 bits per heavy atom. The summed E-state index contributed by atoms with van der Waals surface area (Å²) in [4.78, 5) is 4.61. The summed E-state index contributed by atoms with van der Waals surface area (Å²) >= 11 is 0. The lowest BCUT2D eigenvalue weighted by Gasteiger charge is -2.16. The Bertz CT molecular complexity index is 319. The maximum Gasteiger partial charge on any atom is 0.191 e. The van der Waals surface area contributed by atoms with Crippen molar-refractivity contribution in [2.24, 2.45) is 4.99 Å². The molecule has 6 nitrogen and oxygen atoms in total. The van der Waals surface area contributed by atoms with Gasteiger partial charge in [0.1, 0.15) is 0 Å². The van der Waals surface area contributed by atoms with Crippen LogP contribution in [0, 0.1) is 0 Å². The molecule has 148 valence electrons. The van der Waals surface area contributed by atoms with Crippen LogP contribution in [0.5, 0.6) is 0 Å². The smallest absolute Gasteiger partial charge is 0.191 e. The van der Waals surface area contributed by atoms with Crippen LogP contribution in [0.2, 0.25) is 0 Å². The fourth-order valence-corrected chi connectivity index (χ4v) is 2.90. The van der Waals surface area contributed by atoms with E-state index in [4.69, 9.17) is 14.2 Å². The predicted octanol–water partition coefficient (Wildman–Crippen LogP) is 2.72. The van der Waals surface area contributed by atoms with Crippen LogP contribution in [-0.2, 0) is 14.2 Å². The van der Waals surface area contributed by atoms with Gasteiger partial charge < -0.3 is 24.8 Å². The number of aliphatic imine (C=N–C) groups is 1. The van der Waals surface area contributed by atoms with E-state index in [0.29, 0.717) is 19.3 Å². The van der Waals surface area contributed by atoms with E-state index in [0.717, 1.165) is 51.6 Å². The summed E-state index contributed by atoms with van der Waals surface area (Å²) in [7, 11) is 1.69. The van der Waals surface area contributed by atoms with Crippen molar-refractivity contribution in [1.29, 1.82) is 0 Å². The van der Waals surface area contributed by atoms with E-state index < -0.39 is 0 Å². The zero-order valence-corrected chi connectivity index (χ0v) is 16.4. The van der Waals surface area contributed by atoms with Gasteiger partial charge in [-0.05, 0) is 32.6 Å². The molecule has 0 amide bonds. The molecule has 0 spiro atoms. The third kappa shape index (κ3) is 13.1. The number of nitrogens with one attached hydrogen (secondary N) is 2. The first-order valence-electron chi connectivity index (χ1n) is 10.1. The molecule has 0 bridgehead atoms. The number of guanidine groups is 1. The molecule has 6 heteroatoms. The van der Waals surface area contributed by atoms with E-state index in [1.54, 1.807) is 7.11 Å². The first-order chi connectivity index (χ1) is 12.4. The predicted molar refractivity (Wildman–Crippen MR) is 103 cm³/mol. The van der Waals surface area contributed by atoms with Gasteiger partial charge in [0.05, 0.1) is 25.9 Å². The summed E-state index contributed by atoms with van der Waals surface area (Å²) in [6, 6.07) is 0. The Labute approximate surface area is 154 Å². The third-order valence-electron chi connectivity index (χ3n) is 4.29. The van der Waals surface area contributed by atoms with Gasteiger partial charge in [-0.3, -0.25) is 4.99 Å². The molecule has 0 aromatic heterocycles. The molecular formula is C19H39N3O3. The van der Waals surface area contributed by atoms with Crippen LogP contribution in [0.25, 0.3) is 0 Å². The van der Waals surface area contributed by atoms with Crippen LogP contribution in [0.3, 0.4) is 0 Å². The molecular weight excluding hydrogens is 318 g/mol. The monoisotopic (exact) mass is 357 g/mol. The Hall–Kier alpha value is -0.850. The maximum absolute atomic E-state index is 6.01. The zero-order chi connectivity index (χ0) is 18.0. The molecule has 25 heavy (non-hydrogen) atoms. The fourth-order valence-electron chi connectivity index (χ4n) is 2.90. The zero-order valence-electron chi connectivity index (χ0n) is 16.4. The van der Waals surface area contributed by atoms with E-state index in [-0.39, 0.29) is 0 Å². The Kier molecular flexibility index (Phi) is 14.7. The van der Waals surface area contributed by atoms with Gasteiger partial charge in [-0.15, -0.1) is 0 Å². The summed E-state index contributed by atoms with van der Waals surface area (Å²) in [5.41, 5.74) is 0. The van der Waals surface area contributed by atoms with Crippen molar-refractivity contribution in [2.75, 3.05) is 53.2 Å². The Balaban J connectivity index is 2.07. The molecule has 0 radical (unpaired) electrons. The second-order valence-electron chi connectivity index (χ2n) is 6.48. The lowest BCUT2D eigenvalue weighted by atomic mass is 10.1. The quantitative estimate of drug-likeness (QED) is 0.230. The van der Waals surface area contributed by atoms with Crippen molar-refractivity contribution in [1.82, 2.24) is 10.6 Å². The third-order valence-corrected chi connectivity index (χ3v) is 4.29. The fraction of sp³-hybridized carbons (Fsp3) is 0.947. The SMILES string of the molecule is CCNC(=NCCCCOCCOC)NCCOC1CCCCCC1. The highest BCUT2D eigenvalue weighted by molar-refractivity contribution is 5.79. The first kappa shape index (κ1) is 22.2. The minimum Gasteiger partial charge on any atom is -0.382 e. The van der Waals surface area contributed by atoms with Gasteiger partial charge in [-0.2, -0.15) is 0 Å². The molecule has 1 fully saturated rings. The highest BCUT2D eigenvalue weighted by Crippen LogP contribution is 2.19. The van der Waals surface area contributed by atoms with E-state index >= 15 is 0 Å². The van der Waals surface area contributed by atoms with Gasteiger partial charge in [0.25, 0.3) is 0 Å². The average Bonchev–Trinajstić information content (AvgIpc) is 2.89. The van der Waals surface area contributed by atoms with Crippen molar-refractivity contribution in [3.63, 3.8) is 0 Å². The molecule has 0 unspecified atom stereocenters. The topological polar surface area (TPSA) is 64.1 Å². The van der Waals surface area contributed by atoms with Crippen molar-refractivity contribution in [3.05, 3.63) is 0 Å². The lowest BCUT2D eigenvalue weighted by molar-refractivity contribution is 0.0468. The van der Waals surface area contributed by atoms with Crippen molar-refractivity contribution >= 4 is 5.96 Å². The average molecular weight is 358 g/mol. The molecule has 2 N–H and O–H groups in total. The Morgan fingerprint density at radius 3 is 2.48 bits per heavy atom. The second kappa shape index (κ2) is 16.6. The van der Waals surface area contributed by atoms with Crippen molar-refractivity contribution < 1.29 is 14.2 Å². The highest BCUT2D eigenvalue weighted by Gasteiger charge is 2.12.